The molecule has 1 aromatic rings. The molecule has 0 atom stereocenters. The summed E-state index contributed by atoms with van der Waals surface area (Å²) in [4.78, 5) is 11.6. The molecule has 1 amide bonds. The predicted octanol–water partition coefficient (Wildman–Crippen LogP) is 2.61. The topological polar surface area (TPSA) is 56.8 Å². The normalized spacial score (nSPS) is 15.9. The van der Waals surface area contributed by atoms with Gasteiger partial charge in [0.1, 0.15) is 0 Å². The lowest BCUT2D eigenvalue weighted by molar-refractivity contribution is -0.180. The van der Waals surface area contributed by atoms with Crippen LogP contribution in [0, 0.1) is 0 Å². The van der Waals surface area contributed by atoms with Gasteiger partial charge in [0.25, 0.3) is 0 Å². The van der Waals surface area contributed by atoms with Gasteiger partial charge in [0.05, 0.1) is 6.61 Å². The fraction of sp³-hybridized carbons (Fsp3) is 0.357. The van der Waals surface area contributed by atoms with E-state index in [4.69, 9.17) is 14.2 Å². The van der Waals surface area contributed by atoms with Crippen molar-refractivity contribution in [3.05, 3.63) is 36.4 Å². The van der Waals surface area contributed by atoms with Crippen molar-refractivity contribution in [3.8, 4) is 11.5 Å². The molecule has 0 spiro atoms. The quantitative estimate of drug-likeness (QED) is 0.852. The highest BCUT2D eigenvalue weighted by Gasteiger charge is 2.30. The number of fused-ring (bicyclic) bond motifs is 1. The highest BCUT2D eigenvalue weighted by molar-refractivity contribution is 5.71. The first-order chi connectivity index (χ1) is 9.02. The first-order valence-electron chi connectivity index (χ1n) is 6.03. The number of amides is 1. The molecule has 1 aromatic carbocycles. The van der Waals surface area contributed by atoms with Gasteiger partial charge in [-0.15, -0.1) is 6.58 Å². The van der Waals surface area contributed by atoms with E-state index in [2.05, 4.69) is 11.9 Å². The second-order valence-corrected chi connectivity index (χ2v) is 4.59. The van der Waals surface area contributed by atoms with Crippen molar-refractivity contribution in [2.24, 2.45) is 0 Å². The van der Waals surface area contributed by atoms with Crippen LogP contribution >= 0.6 is 0 Å². The zero-order valence-electron chi connectivity index (χ0n) is 11.1. The maximum Gasteiger partial charge on any atom is 0.412 e. The zero-order valence-corrected chi connectivity index (χ0v) is 11.1. The van der Waals surface area contributed by atoms with E-state index < -0.39 is 11.9 Å². The number of benzene rings is 1. The van der Waals surface area contributed by atoms with Crippen LogP contribution in [0.2, 0.25) is 0 Å². The van der Waals surface area contributed by atoms with Gasteiger partial charge < -0.3 is 19.5 Å². The Labute approximate surface area is 112 Å². The van der Waals surface area contributed by atoms with E-state index in [9.17, 15) is 4.79 Å². The molecular formula is C14H17NO4. The average molecular weight is 263 g/mol. The van der Waals surface area contributed by atoms with Gasteiger partial charge in [-0.25, -0.2) is 4.79 Å². The van der Waals surface area contributed by atoms with Crippen molar-refractivity contribution in [1.29, 1.82) is 0 Å². The number of hydrogen-bond acceptors (Lipinski definition) is 4. The Kier molecular flexibility index (Phi) is 3.76. The number of ether oxygens (including phenoxy) is 3. The van der Waals surface area contributed by atoms with E-state index in [1.54, 1.807) is 18.2 Å². The monoisotopic (exact) mass is 263 g/mol. The van der Waals surface area contributed by atoms with Gasteiger partial charge in [-0.05, 0) is 6.07 Å². The molecule has 1 N–H and O–H groups in total. The first-order valence-corrected chi connectivity index (χ1v) is 6.03. The van der Waals surface area contributed by atoms with Crippen LogP contribution in [-0.2, 0) is 11.3 Å². The summed E-state index contributed by atoms with van der Waals surface area (Å²) in [7, 11) is 0. The molecule has 0 aliphatic carbocycles. The Morgan fingerprint density at radius 3 is 3.11 bits per heavy atom. The summed E-state index contributed by atoms with van der Waals surface area (Å²) in [5, 5.41) is 2.54. The molecule has 1 aliphatic rings. The Bertz CT molecular complexity index is 496. The fourth-order valence-corrected chi connectivity index (χ4v) is 1.69. The van der Waals surface area contributed by atoms with Crippen molar-refractivity contribution in [2.45, 2.75) is 26.2 Å². The number of carbonyl (C=O) groups excluding carboxylic acids is 1. The van der Waals surface area contributed by atoms with Crippen LogP contribution in [0.25, 0.3) is 0 Å². The number of nitrogens with one attached hydrogen (secondary N) is 1. The van der Waals surface area contributed by atoms with Crippen molar-refractivity contribution in [1.82, 2.24) is 5.32 Å². The number of rotatable bonds is 3. The standard InChI is InChI=1S/C14H17NO4/c1-4-8-15-13(16)18-11-7-5-6-10-9-17-14(2,3)19-12(10)11/h4-7H,1,8-9H2,2-3H3,(H,15,16). The Hall–Kier alpha value is -2.01. The van der Waals surface area contributed by atoms with Gasteiger partial charge in [0.2, 0.25) is 5.79 Å². The Morgan fingerprint density at radius 1 is 1.58 bits per heavy atom. The molecular weight excluding hydrogens is 246 g/mol. The molecule has 5 heteroatoms. The minimum absolute atomic E-state index is 0.351. The third kappa shape index (κ3) is 3.26. The third-order valence-electron chi connectivity index (χ3n) is 2.58. The Balaban J connectivity index is 2.18. The van der Waals surface area contributed by atoms with Gasteiger partial charge in [-0.2, -0.15) is 0 Å². The molecule has 2 rings (SSSR count). The van der Waals surface area contributed by atoms with E-state index in [1.165, 1.54) is 0 Å². The predicted molar refractivity (Wildman–Crippen MR) is 70.2 cm³/mol. The smallest absolute Gasteiger partial charge is 0.412 e. The van der Waals surface area contributed by atoms with Crippen molar-refractivity contribution in [2.75, 3.05) is 6.54 Å². The molecule has 0 radical (unpaired) electrons. The fourth-order valence-electron chi connectivity index (χ4n) is 1.69. The van der Waals surface area contributed by atoms with Crippen LogP contribution in [0.15, 0.2) is 30.9 Å². The van der Waals surface area contributed by atoms with E-state index in [-0.39, 0.29) is 0 Å². The summed E-state index contributed by atoms with van der Waals surface area (Å²) in [5.74, 6) is 0.201. The molecule has 0 unspecified atom stereocenters. The van der Waals surface area contributed by atoms with Crippen molar-refractivity contribution < 1.29 is 19.0 Å². The molecule has 0 aromatic heterocycles. The van der Waals surface area contributed by atoms with Gasteiger partial charge in [-0.1, -0.05) is 18.2 Å². The highest BCUT2D eigenvalue weighted by Crippen LogP contribution is 2.38. The summed E-state index contributed by atoms with van der Waals surface area (Å²) in [6.45, 7) is 7.91. The average Bonchev–Trinajstić information content (AvgIpc) is 2.36. The molecule has 1 aliphatic heterocycles. The lowest BCUT2D eigenvalue weighted by Crippen LogP contribution is -2.36. The highest BCUT2D eigenvalue weighted by atomic mass is 16.7. The van der Waals surface area contributed by atoms with Gasteiger partial charge in [0, 0.05) is 26.0 Å². The number of hydrogen-bond donors (Lipinski definition) is 1. The molecule has 0 saturated heterocycles. The van der Waals surface area contributed by atoms with Crippen molar-refractivity contribution >= 4 is 6.09 Å². The molecule has 102 valence electrons. The Morgan fingerprint density at radius 2 is 2.37 bits per heavy atom. The summed E-state index contributed by atoms with van der Waals surface area (Å²) >= 11 is 0. The lowest BCUT2D eigenvalue weighted by atomic mass is 10.1. The molecule has 1 heterocycles. The van der Waals surface area contributed by atoms with Gasteiger partial charge in [0.15, 0.2) is 11.5 Å². The van der Waals surface area contributed by atoms with E-state index in [1.807, 2.05) is 19.9 Å². The van der Waals surface area contributed by atoms with Crippen LogP contribution in [0.3, 0.4) is 0 Å². The maximum atomic E-state index is 11.6. The van der Waals surface area contributed by atoms with Crippen LogP contribution in [0.5, 0.6) is 11.5 Å². The molecule has 5 nitrogen and oxygen atoms in total. The van der Waals surface area contributed by atoms with Crippen LogP contribution in [0.4, 0.5) is 4.79 Å². The van der Waals surface area contributed by atoms with Crippen molar-refractivity contribution in [3.63, 3.8) is 0 Å². The first kappa shape index (κ1) is 13.4. The molecule has 0 bridgehead atoms. The summed E-state index contributed by atoms with van der Waals surface area (Å²) in [5.41, 5.74) is 0.855. The summed E-state index contributed by atoms with van der Waals surface area (Å²) in [6, 6.07) is 5.35. The lowest BCUT2D eigenvalue weighted by Gasteiger charge is -2.33. The largest absolute Gasteiger partial charge is 0.459 e. The van der Waals surface area contributed by atoms with E-state index in [0.717, 1.165) is 5.56 Å². The molecule has 0 saturated carbocycles. The van der Waals surface area contributed by atoms with E-state index in [0.29, 0.717) is 24.7 Å². The second-order valence-electron chi connectivity index (χ2n) is 4.59. The number of carbonyl (C=O) groups is 1. The van der Waals surface area contributed by atoms with E-state index >= 15 is 0 Å². The molecule has 0 fully saturated rings. The van der Waals surface area contributed by atoms with Crippen LogP contribution in [0.1, 0.15) is 19.4 Å². The maximum absolute atomic E-state index is 11.6. The number of para-hydroxylation sites is 1. The SMILES string of the molecule is C=CCNC(=O)Oc1cccc2c1OC(C)(C)OC2. The van der Waals surface area contributed by atoms with Gasteiger partial charge >= 0.3 is 6.09 Å². The second kappa shape index (κ2) is 5.32. The zero-order chi connectivity index (χ0) is 13.9. The van der Waals surface area contributed by atoms with Crippen LogP contribution < -0.4 is 14.8 Å². The molecule has 19 heavy (non-hydrogen) atoms. The van der Waals surface area contributed by atoms with Crippen LogP contribution in [-0.4, -0.2) is 18.4 Å². The summed E-state index contributed by atoms with van der Waals surface area (Å²) in [6.07, 6.45) is 1.04. The minimum Gasteiger partial charge on any atom is -0.459 e. The summed E-state index contributed by atoms with van der Waals surface area (Å²) < 4.78 is 16.5. The van der Waals surface area contributed by atoms with Gasteiger partial charge in [-0.3, -0.25) is 0 Å². The third-order valence-corrected chi connectivity index (χ3v) is 2.58. The minimum atomic E-state index is -0.732.